The first-order valence-electron chi connectivity index (χ1n) is 12.7. The number of rotatable bonds is 8. The molecule has 3 amide bonds. The second-order valence-corrected chi connectivity index (χ2v) is 10.1. The normalized spacial score (nSPS) is 28.3. The second kappa shape index (κ2) is 9.67. The quantitative estimate of drug-likeness (QED) is 0.492. The molecule has 3 aliphatic rings. The van der Waals surface area contributed by atoms with E-state index in [1.807, 2.05) is 50.2 Å². The number of likely N-dealkylation sites (tertiary alicyclic amines) is 1. The first-order chi connectivity index (χ1) is 17.4. The molecule has 2 aromatic carbocycles. The number of hydrogen-bond donors (Lipinski definition) is 3. The van der Waals surface area contributed by atoms with E-state index in [0.29, 0.717) is 37.9 Å². The molecule has 0 saturated carbocycles. The molecule has 0 aliphatic carbocycles. The molecule has 8 nitrogen and oxygen atoms in total. The molecule has 8 heteroatoms. The van der Waals surface area contributed by atoms with Crippen LogP contribution in [0, 0.1) is 25.7 Å². The summed E-state index contributed by atoms with van der Waals surface area (Å²) in [4.78, 5) is 42.7. The van der Waals surface area contributed by atoms with Crippen molar-refractivity contribution in [3.05, 3.63) is 59.7 Å². The SMILES string of the molecule is Cc1cccc(C)c1NC(=O)C1N(CCCCO)C(=O)[C@@H]2[C@H](C(=O)Nc3ccccc3)[C@@H]3CCC12O3. The van der Waals surface area contributed by atoms with Crippen molar-refractivity contribution in [1.29, 1.82) is 0 Å². The van der Waals surface area contributed by atoms with Crippen molar-refractivity contribution in [3.8, 4) is 0 Å². The lowest BCUT2D eigenvalue weighted by Crippen LogP contribution is -2.53. The van der Waals surface area contributed by atoms with Gasteiger partial charge in [0.1, 0.15) is 11.6 Å². The zero-order valence-corrected chi connectivity index (χ0v) is 20.7. The first-order valence-corrected chi connectivity index (χ1v) is 12.7. The molecule has 2 unspecified atom stereocenters. The van der Waals surface area contributed by atoms with Crippen LogP contribution in [-0.4, -0.2) is 58.6 Å². The zero-order valence-electron chi connectivity index (χ0n) is 20.7. The highest BCUT2D eigenvalue weighted by atomic mass is 16.5. The maximum atomic E-state index is 13.9. The molecule has 1 spiro atoms. The summed E-state index contributed by atoms with van der Waals surface area (Å²) in [7, 11) is 0. The van der Waals surface area contributed by atoms with Crippen molar-refractivity contribution in [2.45, 2.75) is 57.3 Å². The largest absolute Gasteiger partial charge is 0.396 e. The number of aliphatic hydroxyl groups excluding tert-OH is 1. The van der Waals surface area contributed by atoms with Gasteiger partial charge in [-0.05, 0) is 62.8 Å². The fraction of sp³-hybridized carbons (Fsp3) is 0.464. The van der Waals surface area contributed by atoms with E-state index in [-0.39, 0.29) is 24.3 Å². The number of fused-ring (bicyclic) bond motifs is 1. The molecule has 5 rings (SSSR count). The van der Waals surface area contributed by atoms with Gasteiger partial charge in [0.25, 0.3) is 0 Å². The number of aliphatic hydroxyl groups is 1. The minimum absolute atomic E-state index is 0.0105. The number of para-hydroxylation sites is 2. The van der Waals surface area contributed by atoms with Gasteiger partial charge >= 0.3 is 0 Å². The maximum absolute atomic E-state index is 13.9. The second-order valence-electron chi connectivity index (χ2n) is 10.1. The number of aryl methyl sites for hydroxylation is 2. The summed E-state index contributed by atoms with van der Waals surface area (Å²) in [6.07, 6.45) is 1.84. The van der Waals surface area contributed by atoms with Gasteiger partial charge in [-0.1, -0.05) is 36.4 Å². The van der Waals surface area contributed by atoms with Crippen LogP contribution in [0.4, 0.5) is 11.4 Å². The minimum atomic E-state index is -1.04. The number of nitrogens with zero attached hydrogens (tertiary/aromatic N) is 1. The van der Waals surface area contributed by atoms with Crippen LogP contribution in [0.1, 0.15) is 36.8 Å². The van der Waals surface area contributed by atoms with E-state index in [9.17, 15) is 19.5 Å². The minimum Gasteiger partial charge on any atom is -0.396 e. The predicted octanol–water partition coefficient (Wildman–Crippen LogP) is 3.03. The van der Waals surface area contributed by atoms with E-state index in [1.54, 1.807) is 17.0 Å². The molecule has 3 saturated heterocycles. The Labute approximate surface area is 211 Å². The van der Waals surface area contributed by atoms with Gasteiger partial charge in [0.2, 0.25) is 17.7 Å². The van der Waals surface area contributed by atoms with Gasteiger partial charge < -0.3 is 25.4 Å². The van der Waals surface area contributed by atoms with Crippen molar-refractivity contribution < 1.29 is 24.2 Å². The number of anilines is 2. The predicted molar refractivity (Wildman–Crippen MR) is 135 cm³/mol. The fourth-order valence-corrected chi connectivity index (χ4v) is 6.34. The van der Waals surface area contributed by atoms with Crippen LogP contribution in [-0.2, 0) is 19.1 Å². The van der Waals surface area contributed by atoms with Crippen molar-refractivity contribution in [3.63, 3.8) is 0 Å². The molecule has 3 aliphatic heterocycles. The Morgan fingerprint density at radius 2 is 1.75 bits per heavy atom. The third-order valence-corrected chi connectivity index (χ3v) is 7.93. The van der Waals surface area contributed by atoms with E-state index < -0.39 is 29.6 Å². The highest BCUT2D eigenvalue weighted by Gasteiger charge is 2.74. The molecule has 2 bridgehead atoms. The molecule has 2 aromatic rings. The van der Waals surface area contributed by atoms with Crippen LogP contribution in [0.15, 0.2) is 48.5 Å². The third kappa shape index (κ3) is 3.98. The van der Waals surface area contributed by atoms with Gasteiger partial charge in [-0.25, -0.2) is 0 Å². The maximum Gasteiger partial charge on any atom is 0.250 e. The highest BCUT2D eigenvalue weighted by Crippen LogP contribution is 2.58. The third-order valence-electron chi connectivity index (χ3n) is 7.93. The smallest absolute Gasteiger partial charge is 0.250 e. The zero-order chi connectivity index (χ0) is 25.4. The summed E-state index contributed by atoms with van der Waals surface area (Å²) >= 11 is 0. The van der Waals surface area contributed by atoms with Gasteiger partial charge in [0.05, 0.1) is 17.9 Å². The highest BCUT2D eigenvalue weighted by molar-refractivity contribution is 6.05. The van der Waals surface area contributed by atoms with Gasteiger partial charge in [-0.15, -0.1) is 0 Å². The number of benzene rings is 2. The molecular weight excluding hydrogens is 458 g/mol. The monoisotopic (exact) mass is 491 g/mol. The Kier molecular flexibility index (Phi) is 6.57. The van der Waals surface area contributed by atoms with Crippen molar-refractivity contribution in [1.82, 2.24) is 4.90 Å². The molecule has 3 N–H and O–H groups in total. The Balaban J connectivity index is 1.47. The topological polar surface area (TPSA) is 108 Å². The van der Waals surface area contributed by atoms with Crippen molar-refractivity contribution >= 4 is 29.1 Å². The van der Waals surface area contributed by atoms with Gasteiger partial charge in [0, 0.05) is 24.5 Å². The lowest BCUT2D eigenvalue weighted by atomic mass is 9.70. The number of carbonyl (C=O) groups is 3. The molecular formula is C28H33N3O5. The number of unbranched alkanes of at least 4 members (excludes halogenated alkanes) is 1. The Hall–Kier alpha value is -3.23. The number of carbonyl (C=O) groups excluding carboxylic acids is 3. The average molecular weight is 492 g/mol. The average Bonchev–Trinajstić information content (AvgIpc) is 3.50. The molecule has 190 valence electrons. The Bertz CT molecular complexity index is 1150. The van der Waals surface area contributed by atoms with Crippen LogP contribution in [0.2, 0.25) is 0 Å². The lowest BCUT2D eigenvalue weighted by Gasteiger charge is -2.33. The van der Waals surface area contributed by atoms with Crippen LogP contribution in [0.3, 0.4) is 0 Å². The molecule has 36 heavy (non-hydrogen) atoms. The van der Waals surface area contributed by atoms with Gasteiger partial charge in [0.15, 0.2) is 0 Å². The molecule has 3 fully saturated rings. The van der Waals surface area contributed by atoms with E-state index in [2.05, 4.69) is 10.6 Å². The van der Waals surface area contributed by atoms with Crippen LogP contribution >= 0.6 is 0 Å². The van der Waals surface area contributed by atoms with Crippen molar-refractivity contribution in [2.75, 3.05) is 23.8 Å². The van der Waals surface area contributed by atoms with Crippen molar-refractivity contribution in [2.24, 2.45) is 11.8 Å². The molecule has 3 heterocycles. The summed E-state index contributed by atoms with van der Waals surface area (Å²) in [6.45, 7) is 4.20. The summed E-state index contributed by atoms with van der Waals surface area (Å²) in [5.74, 6) is -2.15. The number of nitrogens with one attached hydrogen (secondary N) is 2. The number of amides is 3. The fourth-order valence-electron chi connectivity index (χ4n) is 6.34. The van der Waals surface area contributed by atoms with E-state index in [1.165, 1.54) is 0 Å². The van der Waals surface area contributed by atoms with Crippen LogP contribution in [0.5, 0.6) is 0 Å². The summed E-state index contributed by atoms with van der Waals surface area (Å²) in [5, 5.41) is 15.3. The van der Waals surface area contributed by atoms with E-state index >= 15 is 0 Å². The number of ether oxygens (including phenoxy) is 1. The van der Waals surface area contributed by atoms with Gasteiger partial charge in [-0.2, -0.15) is 0 Å². The van der Waals surface area contributed by atoms with Gasteiger partial charge in [-0.3, -0.25) is 14.4 Å². The Morgan fingerprint density at radius 3 is 2.44 bits per heavy atom. The number of hydrogen-bond acceptors (Lipinski definition) is 5. The summed E-state index contributed by atoms with van der Waals surface area (Å²) < 4.78 is 6.46. The summed E-state index contributed by atoms with van der Waals surface area (Å²) in [5.41, 5.74) is 2.22. The van der Waals surface area contributed by atoms with E-state index in [0.717, 1.165) is 16.8 Å². The van der Waals surface area contributed by atoms with Crippen LogP contribution in [0.25, 0.3) is 0 Å². The lowest BCUT2D eigenvalue weighted by molar-refractivity contribution is -0.139. The van der Waals surface area contributed by atoms with E-state index in [4.69, 9.17) is 4.74 Å². The molecule has 0 aromatic heterocycles. The first kappa shape index (κ1) is 24.5. The Morgan fingerprint density at radius 1 is 1.03 bits per heavy atom. The molecule has 5 atom stereocenters. The van der Waals surface area contributed by atoms with Crippen LogP contribution < -0.4 is 10.6 Å². The molecule has 0 radical (unpaired) electrons. The standard InChI is InChI=1S/C28H33N3O5/c1-17-9-8-10-18(2)23(17)30-26(34)24-28-14-13-20(36-28)21(25(33)29-19-11-4-3-5-12-19)22(28)27(35)31(24)15-6-7-16-32/h3-5,8-12,20-22,24,32H,6-7,13-16H2,1-2H3,(H,29,33)(H,30,34)/t20-,21+,22-,24?,28?/m0/s1. The summed E-state index contributed by atoms with van der Waals surface area (Å²) in [6, 6.07) is 14.1.